The number of aromatic nitrogens is 2. The zero-order valence-electron chi connectivity index (χ0n) is 15.5. The first-order chi connectivity index (χ1) is 12.4. The normalized spacial score (nSPS) is 11.9. The van der Waals surface area contributed by atoms with E-state index in [1.54, 1.807) is 45.0 Å². The van der Waals surface area contributed by atoms with Gasteiger partial charge in [-0.2, -0.15) is 0 Å². The van der Waals surface area contributed by atoms with E-state index < -0.39 is 26.6 Å². The molecule has 0 aliphatic rings. The van der Waals surface area contributed by atoms with E-state index in [2.05, 4.69) is 15.5 Å². The van der Waals surface area contributed by atoms with Crippen molar-refractivity contribution in [3.05, 3.63) is 24.3 Å². The van der Waals surface area contributed by atoms with Gasteiger partial charge in [0.15, 0.2) is 0 Å². The molecule has 1 amide bonds. The highest BCUT2D eigenvalue weighted by Crippen LogP contribution is 2.22. The summed E-state index contributed by atoms with van der Waals surface area (Å²) in [5, 5.41) is 9.37. The Bertz CT molecular complexity index is 926. The first-order valence-electron chi connectivity index (χ1n) is 8.10. The van der Waals surface area contributed by atoms with Gasteiger partial charge in [0.1, 0.15) is 5.60 Å². The summed E-state index contributed by atoms with van der Waals surface area (Å²) >= 11 is 0. The number of anilines is 1. The number of rotatable bonds is 6. The fourth-order valence-corrected chi connectivity index (χ4v) is 2.42. The zero-order valence-corrected chi connectivity index (χ0v) is 16.3. The minimum atomic E-state index is -3.57. The van der Waals surface area contributed by atoms with E-state index in [-0.39, 0.29) is 24.6 Å². The summed E-state index contributed by atoms with van der Waals surface area (Å²) in [4.78, 5) is 23.5. The number of carbonyl (C=O) groups is 2. The quantitative estimate of drug-likeness (QED) is 0.737. The molecule has 0 radical (unpaired) electrons. The van der Waals surface area contributed by atoms with Crippen molar-refractivity contribution in [2.75, 3.05) is 11.6 Å². The Kier molecular flexibility index (Phi) is 5.99. The van der Waals surface area contributed by atoms with Crippen LogP contribution in [0.15, 0.2) is 33.9 Å². The number of esters is 1. The van der Waals surface area contributed by atoms with Crippen LogP contribution >= 0.6 is 0 Å². The van der Waals surface area contributed by atoms with Crippen molar-refractivity contribution in [3.8, 4) is 11.5 Å². The Balaban J connectivity index is 1.93. The summed E-state index contributed by atoms with van der Waals surface area (Å²) in [6, 6.07) is 6.40. The molecule has 0 saturated heterocycles. The third kappa shape index (κ3) is 6.48. The summed E-state index contributed by atoms with van der Waals surface area (Å²) in [6.07, 6.45) is 0.954. The van der Waals surface area contributed by atoms with E-state index >= 15 is 0 Å². The van der Waals surface area contributed by atoms with E-state index in [9.17, 15) is 18.0 Å². The molecular weight excluding hydrogens is 374 g/mol. The second-order valence-corrected chi connectivity index (χ2v) is 8.75. The van der Waals surface area contributed by atoms with Crippen molar-refractivity contribution in [1.82, 2.24) is 10.2 Å². The lowest BCUT2D eigenvalue weighted by Crippen LogP contribution is -2.24. The Morgan fingerprint density at radius 3 is 2.26 bits per heavy atom. The monoisotopic (exact) mass is 395 g/mol. The number of nitrogens with zero attached hydrogens (tertiary/aromatic N) is 2. The fourth-order valence-electron chi connectivity index (χ4n) is 2.00. The molecule has 0 aliphatic carbocycles. The second kappa shape index (κ2) is 7.87. The van der Waals surface area contributed by atoms with Crippen LogP contribution < -0.4 is 5.32 Å². The van der Waals surface area contributed by atoms with Gasteiger partial charge in [-0.3, -0.25) is 9.59 Å². The number of hydrogen-bond acceptors (Lipinski definition) is 8. The number of ether oxygens (including phenoxy) is 1. The number of hydrogen-bond donors (Lipinski definition) is 1. The summed E-state index contributed by atoms with van der Waals surface area (Å²) in [5.74, 6) is -0.713. The number of amides is 1. The molecule has 0 bridgehead atoms. The van der Waals surface area contributed by atoms with Gasteiger partial charge < -0.3 is 14.5 Å². The SMILES string of the molecule is CC(C)(C)OC(=O)CCC(=O)Nc1ccc(-c2nnc(S(C)(=O)=O)o2)cc1. The van der Waals surface area contributed by atoms with Gasteiger partial charge in [0, 0.05) is 23.9 Å². The van der Waals surface area contributed by atoms with Gasteiger partial charge in [-0.1, -0.05) is 5.10 Å². The van der Waals surface area contributed by atoms with Crippen LogP contribution in [-0.2, 0) is 24.2 Å². The van der Waals surface area contributed by atoms with Gasteiger partial charge in [-0.15, -0.1) is 5.10 Å². The average molecular weight is 395 g/mol. The molecule has 0 atom stereocenters. The molecular formula is C17H21N3O6S. The minimum Gasteiger partial charge on any atom is -0.460 e. The zero-order chi connectivity index (χ0) is 20.2. The highest BCUT2D eigenvalue weighted by molar-refractivity contribution is 7.90. The topological polar surface area (TPSA) is 128 Å². The molecule has 1 heterocycles. The predicted octanol–water partition coefficient (Wildman–Crippen LogP) is 2.20. The molecule has 1 aromatic heterocycles. The number of sulfone groups is 1. The first-order valence-corrected chi connectivity index (χ1v) is 9.99. The lowest BCUT2D eigenvalue weighted by molar-refractivity contribution is -0.155. The summed E-state index contributed by atoms with van der Waals surface area (Å²) in [5.41, 5.74) is 0.426. The van der Waals surface area contributed by atoms with Crippen LogP contribution in [0.3, 0.4) is 0 Å². The Morgan fingerprint density at radius 1 is 1.11 bits per heavy atom. The molecule has 1 N–H and O–H groups in total. The lowest BCUT2D eigenvalue weighted by Gasteiger charge is -2.19. The number of benzene rings is 1. The maximum absolute atomic E-state index is 11.9. The van der Waals surface area contributed by atoms with Crippen molar-refractivity contribution in [2.24, 2.45) is 0 Å². The van der Waals surface area contributed by atoms with Crippen LogP contribution in [0.4, 0.5) is 5.69 Å². The van der Waals surface area contributed by atoms with E-state index in [1.807, 2.05) is 0 Å². The van der Waals surface area contributed by atoms with Gasteiger partial charge >= 0.3 is 11.2 Å². The van der Waals surface area contributed by atoms with Crippen molar-refractivity contribution >= 4 is 27.4 Å². The standard InChI is InChI=1S/C17H21N3O6S/c1-17(2,3)26-14(22)10-9-13(21)18-12-7-5-11(6-8-12)15-19-20-16(25-15)27(4,23)24/h5-8H,9-10H2,1-4H3,(H,18,21). The van der Waals surface area contributed by atoms with Crippen molar-refractivity contribution in [3.63, 3.8) is 0 Å². The Morgan fingerprint density at radius 2 is 1.74 bits per heavy atom. The molecule has 0 spiro atoms. The molecule has 0 fully saturated rings. The highest BCUT2D eigenvalue weighted by Gasteiger charge is 2.18. The molecule has 10 heteroatoms. The van der Waals surface area contributed by atoms with Gasteiger partial charge in [-0.05, 0) is 45.0 Å². The number of carbonyl (C=O) groups excluding carboxylic acids is 2. The minimum absolute atomic E-state index is 0.00194. The summed E-state index contributed by atoms with van der Waals surface area (Å²) < 4.78 is 33.0. The largest absolute Gasteiger partial charge is 0.460 e. The van der Waals surface area contributed by atoms with Crippen LogP contribution in [0.1, 0.15) is 33.6 Å². The van der Waals surface area contributed by atoms with Crippen molar-refractivity contribution < 1.29 is 27.2 Å². The van der Waals surface area contributed by atoms with Crippen LogP contribution in [0.25, 0.3) is 11.5 Å². The van der Waals surface area contributed by atoms with Crippen LogP contribution in [0.2, 0.25) is 0 Å². The van der Waals surface area contributed by atoms with Gasteiger partial charge in [0.25, 0.3) is 0 Å². The maximum Gasteiger partial charge on any atom is 0.335 e. The van der Waals surface area contributed by atoms with Gasteiger partial charge in [0.05, 0.1) is 6.42 Å². The van der Waals surface area contributed by atoms with E-state index in [0.717, 1.165) is 6.26 Å². The summed E-state index contributed by atoms with van der Waals surface area (Å²) in [7, 11) is -3.57. The molecule has 9 nitrogen and oxygen atoms in total. The summed E-state index contributed by atoms with van der Waals surface area (Å²) in [6.45, 7) is 5.28. The van der Waals surface area contributed by atoms with Crippen LogP contribution in [0.5, 0.6) is 0 Å². The number of nitrogens with one attached hydrogen (secondary N) is 1. The molecule has 0 aliphatic heterocycles. The molecule has 1 aromatic carbocycles. The second-order valence-electron chi connectivity index (χ2n) is 6.86. The van der Waals surface area contributed by atoms with Gasteiger partial charge in [-0.25, -0.2) is 8.42 Å². The van der Waals surface area contributed by atoms with Crippen molar-refractivity contribution in [1.29, 1.82) is 0 Å². The molecule has 146 valence electrons. The van der Waals surface area contributed by atoms with E-state index in [4.69, 9.17) is 9.15 Å². The van der Waals surface area contributed by atoms with E-state index in [1.165, 1.54) is 0 Å². The Labute approximate surface area is 157 Å². The third-order valence-corrected chi connectivity index (χ3v) is 3.91. The lowest BCUT2D eigenvalue weighted by atomic mass is 10.2. The van der Waals surface area contributed by atoms with E-state index in [0.29, 0.717) is 11.3 Å². The molecule has 0 unspecified atom stereocenters. The van der Waals surface area contributed by atoms with Crippen LogP contribution in [0, 0.1) is 0 Å². The smallest absolute Gasteiger partial charge is 0.335 e. The Hall–Kier alpha value is -2.75. The first kappa shape index (κ1) is 20.6. The predicted molar refractivity (Wildman–Crippen MR) is 96.6 cm³/mol. The van der Waals surface area contributed by atoms with Crippen molar-refractivity contribution in [2.45, 2.75) is 44.4 Å². The molecule has 2 aromatic rings. The fraction of sp³-hybridized carbons (Fsp3) is 0.412. The third-order valence-electron chi connectivity index (χ3n) is 3.12. The van der Waals surface area contributed by atoms with Gasteiger partial charge in [0.2, 0.25) is 21.6 Å². The highest BCUT2D eigenvalue weighted by atomic mass is 32.2. The molecule has 0 saturated carbocycles. The maximum atomic E-state index is 11.9. The average Bonchev–Trinajstić information content (AvgIpc) is 3.02. The van der Waals surface area contributed by atoms with Crippen LogP contribution in [-0.4, -0.2) is 42.3 Å². The molecule has 27 heavy (non-hydrogen) atoms. The molecule has 2 rings (SSSR count).